The SMILES string of the molecule is COc1ccccc1-c1cn(CC(=O)NC2CCN(C)CC2)nn1. The molecule has 0 spiro atoms. The number of carbonyl (C=O) groups excluding carboxylic acids is 1. The molecule has 7 heteroatoms. The summed E-state index contributed by atoms with van der Waals surface area (Å²) in [4.78, 5) is 14.5. The number of nitrogens with one attached hydrogen (secondary N) is 1. The Morgan fingerprint density at radius 2 is 2.08 bits per heavy atom. The van der Waals surface area contributed by atoms with Gasteiger partial charge in [0, 0.05) is 11.6 Å². The van der Waals surface area contributed by atoms with Crippen molar-refractivity contribution in [2.45, 2.75) is 25.4 Å². The lowest BCUT2D eigenvalue weighted by molar-refractivity contribution is -0.122. The van der Waals surface area contributed by atoms with Crippen molar-refractivity contribution >= 4 is 5.91 Å². The van der Waals surface area contributed by atoms with E-state index in [1.54, 1.807) is 18.0 Å². The summed E-state index contributed by atoms with van der Waals surface area (Å²) in [6, 6.07) is 7.88. The molecule has 0 atom stereocenters. The van der Waals surface area contributed by atoms with Gasteiger partial charge in [-0.1, -0.05) is 17.3 Å². The summed E-state index contributed by atoms with van der Waals surface area (Å²) in [5, 5.41) is 11.3. The smallest absolute Gasteiger partial charge is 0.242 e. The van der Waals surface area contributed by atoms with E-state index in [-0.39, 0.29) is 18.5 Å². The van der Waals surface area contributed by atoms with Crippen molar-refractivity contribution in [2.75, 3.05) is 27.2 Å². The third-order valence-corrected chi connectivity index (χ3v) is 4.31. The van der Waals surface area contributed by atoms with Crippen LogP contribution >= 0.6 is 0 Å². The van der Waals surface area contributed by atoms with Gasteiger partial charge in [0.25, 0.3) is 0 Å². The lowest BCUT2D eigenvalue weighted by Gasteiger charge is -2.29. The van der Waals surface area contributed by atoms with E-state index in [1.807, 2.05) is 24.3 Å². The number of likely N-dealkylation sites (tertiary alicyclic amines) is 1. The van der Waals surface area contributed by atoms with Crippen LogP contribution in [0.4, 0.5) is 0 Å². The minimum Gasteiger partial charge on any atom is -0.496 e. The van der Waals surface area contributed by atoms with E-state index in [0.717, 1.165) is 37.2 Å². The maximum Gasteiger partial charge on any atom is 0.242 e. The molecule has 3 rings (SSSR count). The summed E-state index contributed by atoms with van der Waals surface area (Å²) >= 11 is 0. The molecule has 2 aromatic rings. The summed E-state index contributed by atoms with van der Waals surface area (Å²) in [6.45, 7) is 2.22. The first-order valence-electron chi connectivity index (χ1n) is 8.17. The third-order valence-electron chi connectivity index (χ3n) is 4.31. The van der Waals surface area contributed by atoms with Gasteiger partial charge in [-0.15, -0.1) is 5.10 Å². The molecular formula is C17H23N5O2. The third kappa shape index (κ3) is 3.91. The Kier molecular flexibility index (Phi) is 5.10. The van der Waals surface area contributed by atoms with Gasteiger partial charge in [0.15, 0.2) is 0 Å². The largest absolute Gasteiger partial charge is 0.496 e. The zero-order valence-electron chi connectivity index (χ0n) is 14.1. The van der Waals surface area contributed by atoms with Crippen LogP contribution in [-0.4, -0.2) is 59.1 Å². The second-order valence-corrected chi connectivity index (χ2v) is 6.15. The number of methoxy groups -OCH3 is 1. The maximum absolute atomic E-state index is 12.2. The summed E-state index contributed by atoms with van der Waals surface area (Å²) < 4.78 is 6.90. The van der Waals surface area contributed by atoms with Crippen molar-refractivity contribution in [2.24, 2.45) is 0 Å². The number of benzene rings is 1. The van der Waals surface area contributed by atoms with Crippen LogP contribution in [-0.2, 0) is 11.3 Å². The van der Waals surface area contributed by atoms with Gasteiger partial charge in [-0.05, 0) is 45.1 Å². The van der Waals surface area contributed by atoms with Crippen LogP contribution in [0.1, 0.15) is 12.8 Å². The molecule has 2 heterocycles. The van der Waals surface area contributed by atoms with Gasteiger partial charge in [0.1, 0.15) is 18.0 Å². The van der Waals surface area contributed by atoms with Crippen LogP contribution in [0.25, 0.3) is 11.3 Å². The van der Waals surface area contributed by atoms with Gasteiger partial charge in [0.2, 0.25) is 5.91 Å². The average molecular weight is 329 g/mol. The molecule has 1 saturated heterocycles. The van der Waals surface area contributed by atoms with Gasteiger partial charge in [0.05, 0.1) is 13.3 Å². The number of para-hydroxylation sites is 1. The summed E-state index contributed by atoms with van der Waals surface area (Å²) in [5.41, 5.74) is 1.56. The molecule has 0 aliphatic carbocycles. The highest BCUT2D eigenvalue weighted by molar-refractivity contribution is 5.76. The number of nitrogens with zero attached hydrogens (tertiary/aromatic N) is 4. The number of hydrogen-bond acceptors (Lipinski definition) is 5. The lowest BCUT2D eigenvalue weighted by atomic mass is 10.1. The average Bonchev–Trinajstić information content (AvgIpc) is 3.05. The fourth-order valence-corrected chi connectivity index (χ4v) is 2.93. The fraction of sp³-hybridized carbons (Fsp3) is 0.471. The van der Waals surface area contributed by atoms with E-state index in [2.05, 4.69) is 27.6 Å². The Hall–Kier alpha value is -2.41. The van der Waals surface area contributed by atoms with Crippen LogP contribution in [0.15, 0.2) is 30.5 Å². The van der Waals surface area contributed by atoms with Crippen LogP contribution in [0, 0.1) is 0 Å². The van der Waals surface area contributed by atoms with E-state index < -0.39 is 0 Å². The number of ether oxygens (including phenoxy) is 1. The van der Waals surface area contributed by atoms with E-state index in [1.165, 1.54) is 0 Å². The molecule has 1 N–H and O–H groups in total. The van der Waals surface area contributed by atoms with Gasteiger partial charge in [-0.25, -0.2) is 4.68 Å². The Morgan fingerprint density at radius 3 is 2.83 bits per heavy atom. The molecule has 1 amide bonds. The van der Waals surface area contributed by atoms with Crippen molar-refractivity contribution < 1.29 is 9.53 Å². The highest BCUT2D eigenvalue weighted by atomic mass is 16.5. The normalized spacial score (nSPS) is 16.1. The van der Waals surface area contributed by atoms with E-state index in [0.29, 0.717) is 5.69 Å². The number of piperidine rings is 1. The van der Waals surface area contributed by atoms with Gasteiger partial charge >= 0.3 is 0 Å². The molecule has 1 aliphatic heterocycles. The Labute approximate surface area is 141 Å². The van der Waals surface area contributed by atoms with E-state index in [4.69, 9.17) is 4.74 Å². The minimum atomic E-state index is -0.0268. The van der Waals surface area contributed by atoms with Gasteiger partial charge in [-0.3, -0.25) is 4.79 Å². The zero-order chi connectivity index (χ0) is 16.9. The quantitative estimate of drug-likeness (QED) is 0.891. The molecular weight excluding hydrogens is 306 g/mol. The first-order chi connectivity index (χ1) is 11.7. The molecule has 0 saturated carbocycles. The van der Waals surface area contributed by atoms with Crippen LogP contribution in [0.5, 0.6) is 5.75 Å². The van der Waals surface area contributed by atoms with Gasteiger partial charge < -0.3 is 15.0 Å². The predicted octanol–water partition coefficient (Wildman–Crippen LogP) is 1.16. The van der Waals surface area contributed by atoms with Crippen molar-refractivity contribution in [3.8, 4) is 17.0 Å². The maximum atomic E-state index is 12.2. The number of hydrogen-bond donors (Lipinski definition) is 1. The molecule has 7 nitrogen and oxygen atoms in total. The van der Waals surface area contributed by atoms with E-state index >= 15 is 0 Å². The van der Waals surface area contributed by atoms with Crippen LogP contribution in [0.2, 0.25) is 0 Å². The van der Waals surface area contributed by atoms with Crippen molar-refractivity contribution in [1.29, 1.82) is 0 Å². The number of rotatable bonds is 5. The molecule has 1 fully saturated rings. The highest BCUT2D eigenvalue weighted by Crippen LogP contribution is 2.27. The topological polar surface area (TPSA) is 72.3 Å². The summed E-state index contributed by atoms with van der Waals surface area (Å²) in [5.74, 6) is 0.710. The minimum absolute atomic E-state index is 0.0268. The van der Waals surface area contributed by atoms with Crippen LogP contribution in [0.3, 0.4) is 0 Å². The second-order valence-electron chi connectivity index (χ2n) is 6.15. The molecule has 0 radical (unpaired) electrons. The summed E-state index contributed by atoms with van der Waals surface area (Å²) in [7, 11) is 3.73. The monoisotopic (exact) mass is 329 g/mol. The molecule has 1 aromatic heterocycles. The number of aromatic nitrogens is 3. The highest BCUT2D eigenvalue weighted by Gasteiger charge is 2.19. The Balaban J connectivity index is 1.60. The molecule has 1 aromatic carbocycles. The number of carbonyl (C=O) groups is 1. The molecule has 24 heavy (non-hydrogen) atoms. The fourth-order valence-electron chi connectivity index (χ4n) is 2.93. The van der Waals surface area contributed by atoms with Gasteiger partial charge in [-0.2, -0.15) is 0 Å². The lowest BCUT2D eigenvalue weighted by Crippen LogP contribution is -2.44. The van der Waals surface area contributed by atoms with E-state index in [9.17, 15) is 4.79 Å². The Bertz CT molecular complexity index is 692. The second kappa shape index (κ2) is 7.44. The molecule has 0 bridgehead atoms. The van der Waals surface area contributed by atoms with Crippen molar-refractivity contribution in [3.63, 3.8) is 0 Å². The molecule has 0 unspecified atom stereocenters. The zero-order valence-corrected chi connectivity index (χ0v) is 14.1. The van der Waals surface area contributed by atoms with Crippen LogP contribution < -0.4 is 10.1 Å². The molecule has 1 aliphatic rings. The Morgan fingerprint density at radius 1 is 1.33 bits per heavy atom. The first kappa shape index (κ1) is 16.4. The number of amides is 1. The standard InChI is InChI=1S/C17H23N5O2/c1-21-9-7-13(8-10-21)18-17(23)12-22-11-15(19-20-22)14-5-3-4-6-16(14)24-2/h3-6,11,13H,7-10,12H2,1-2H3,(H,18,23). The van der Waals surface area contributed by atoms with Crippen molar-refractivity contribution in [1.82, 2.24) is 25.2 Å². The summed E-state index contributed by atoms with van der Waals surface area (Å²) in [6.07, 6.45) is 3.75. The predicted molar refractivity (Wildman–Crippen MR) is 90.7 cm³/mol. The molecule has 128 valence electrons. The van der Waals surface area contributed by atoms with Crippen molar-refractivity contribution in [3.05, 3.63) is 30.5 Å². The first-order valence-corrected chi connectivity index (χ1v) is 8.17.